The second-order valence-electron chi connectivity index (χ2n) is 4.52. The van der Waals surface area contributed by atoms with Crippen molar-refractivity contribution in [2.24, 2.45) is 0 Å². The first-order valence-corrected chi connectivity index (χ1v) is 5.44. The van der Waals surface area contributed by atoms with E-state index in [4.69, 9.17) is 0 Å². The minimum atomic E-state index is -6.28. The van der Waals surface area contributed by atoms with E-state index in [1.807, 2.05) is 0 Å². The van der Waals surface area contributed by atoms with Crippen molar-refractivity contribution in [2.45, 2.75) is 30.6 Å². The third kappa shape index (κ3) is 2.36. The Morgan fingerprint density at radius 2 is 1.50 bits per heavy atom. The van der Waals surface area contributed by atoms with E-state index in [2.05, 4.69) is 4.98 Å². The molecule has 1 radical (unpaired) electrons. The van der Waals surface area contributed by atoms with Gasteiger partial charge in [0, 0.05) is 26.3 Å². The van der Waals surface area contributed by atoms with Crippen LogP contribution in [0.5, 0.6) is 0 Å². The zero-order valence-electron chi connectivity index (χ0n) is 10.5. The second kappa shape index (κ2) is 5.26. The van der Waals surface area contributed by atoms with Crippen LogP contribution in [0.3, 0.4) is 0 Å². The van der Waals surface area contributed by atoms with Crippen molar-refractivity contribution in [3.63, 3.8) is 0 Å². The Morgan fingerprint density at radius 3 is 2.00 bits per heavy atom. The molecule has 0 aromatic carbocycles. The largest absolute Gasteiger partial charge is 0.378 e. The number of aryl methyl sites for hydroxylation is 1. The zero-order chi connectivity index (χ0) is 16.3. The third-order valence-electron chi connectivity index (χ3n) is 2.95. The number of alkyl halides is 8. The molecule has 0 aliphatic heterocycles. The van der Waals surface area contributed by atoms with Crippen LogP contribution in [0.2, 0.25) is 0 Å². The summed E-state index contributed by atoms with van der Waals surface area (Å²) in [7, 11) is 0. The van der Waals surface area contributed by atoms with Gasteiger partial charge in [-0.05, 0) is 13.0 Å². The average Bonchev–Trinajstić information content (AvgIpc) is 2.34. The number of nitrogens with zero attached hydrogens (tertiary/aromatic N) is 1. The molecule has 1 nitrogen and oxygen atoms in total. The van der Waals surface area contributed by atoms with Gasteiger partial charge >= 0.3 is 17.8 Å². The molecule has 0 spiro atoms. The van der Waals surface area contributed by atoms with E-state index in [0.717, 1.165) is 12.3 Å². The third-order valence-corrected chi connectivity index (χ3v) is 2.95. The number of halogens is 8. The van der Waals surface area contributed by atoms with Crippen LogP contribution < -0.4 is 0 Å². The van der Waals surface area contributed by atoms with E-state index in [1.54, 1.807) is 0 Å². The Hall–Kier alpha value is -1.02. The van der Waals surface area contributed by atoms with Gasteiger partial charge in [0.2, 0.25) is 0 Å². The molecule has 0 saturated carbocycles. The van der Waals surface area contributed by atoms with Crippen LogP contribution in [0, 0.1) is 13.0 Å². The first-order valence-electron chi connectivity index (χ1n) is 5.44. The monoisotopic (exact) mass is 509 g/mol. The minimum absolute atomic E-state index is 0. The fourth-order valence-electron chi connectivity index (χ4n) is 1.76. The standard InChI is InChI=1S/C12H6F8N.Ir/c1-6-2-3-21-8(4-6)7-5-9(13,14)11(17,18)12(19,20)10(7,15)16;/h2-4H,1H3;/q-1;. The number of hydrogen-bond donors (Lipinski definition) is 0. The summed E-state index contributed by atoms with van der Waals surface area (Å²) < 4.78 is 106. The van der Waals surface area contributed by atoms with Crippen LogP contribution in [-0.2, 0) is 20.1 Å². The molecule has 0 amide bonds. The van der Waals surface area contributed by atoms with E-state index >= 15 is 0 Å². The molecule has 0 fully saturated rings. The van der Waals surface area contributed by atoms with Crippen LogP contribution in [0.15, 0.2) is 18.3 Å². The zero-order valence-corrected chi connectivity index (χ0v) is 12.9. The van der Waals surface area contributed by atoms with Crippen molar-refractivity contribution < 1.29 is 55.2 Å². The van der Waals surface area contributed by atoms with E-state index in [0.29, 0.717) is 6.08 Å². The summed E-state index contributed by atoms with van der Waals surface area (Å²) in [4.78, 5) is 3.25. The fourth-order valence-corrected chi connectivity index (χ4v) is 1.76. The number of rotatable bonds is 1. The molecule has 1 aliphatic carbocycles. The van der Waals surface area contributed by atoms with Crippen LogP contribution in [-0.4, -0.2) is 28.7 Å². The van der Waals surface area contributed by atoms with E-state index < -0.39 is 35.0 Å². The second-order valence-corrected chi connectivity index (χ2v) is 4.52. The molecule has 125 valence electrons. The van der Waals surface area contributed by atoms with Gasteiger partial charge in [0.05, 0.1) is 0 Å². The predicted molar refractivity (Wildman–Crippen MR) is 55.4 cm³/mol. The molecule has 2 rings (SSSR count). The summed E-state index contributed by atoms with van der Waals surface area (Å²) in [5, 5.41) is 0. The molecule has 1 aromatic heterocycles. The summed E-state index contributed by atoms with van der Waals surface area (Å²) in [5.41, 5.74) is -2.77. The van der Waals surface area contributed by atoms with Gasteiger partial charge in [-0.15, -0.1) is 11.6 Å². The average molecular weight is 508 g/mol. The van der Waals surface area contributed by atoms with Crippen LogP contribution >= 0.6 is 0 Å². The van der Waals surface area contributed by atoms with E-state index in [1.165, 1.54) is 13.0 Å². The van der Waals surface area contributed by atoms with Gasteiger partial charge in [-0.25, -0.2) is 8.78 Å². The van der Waals surface area contributed by atoms with Gasteiger partial charge in [-0.2, -0.15) is 32.4 Å². The molecule has 1 aliphatic rings. The van der Waals surface area contributed by atoms with E-state index in [9.17, 15) is 35.1 Å². The maximum absolute atomic E-state index is 13.6. The van der Waals surface area contributed by atoms with Crippen molar-refractivity contribution in [1.29, 1.82) is 0 Å². The maximum Gasteiger partial charge on any atom is 0.378 e. The molecular weight excluding hydrogens is 502 g/mol. The Morgan fingerprint density at radius 1 is 0.955 bits per heavy atom. The van der Waals surface area contributed by atoms with Crippen LogP contribution in [0.1, 0.15) is 11.3 Å². The van der Waals surface area contributed by atoms with Gasteiger partial charge in [-0.3, -0.25) is 0 Å². The van der Waals surface area contributed by atoms with Gasteiger partial charge < -0.3 is 4.98 Å². The fraction of sp³-hybridized carbons (Fsp3) is 0.417. The first-order chi connectivity index (χ1) is 9.34. The van der Waals surface area contributed by atoms with Gasteiger partial charge in [0.25, 0.3) is 5.92 Å². The van der Waals surface area contributed by atoms with Gasteiger partial charge in [0.15, 0.2) is 0 Å². The van der Waals surface area contributed by atoms with E-state index in [-0.39, 0.29) is 25.7 Å². The molecule has 1 aromatic rings. The molecular formula is C12H6F8IrN-. The Bertz CT molecular complexity index is 611. The van der Waals surface area contributed by atoms with Crippen molar-refractivity contribution >= 4 is 5.57 Å². The van der Waals surface area contributed by atoms with Crippen LogP contribution in [0.4, 0.5) is 35.1 Å². The molecule has 0 saturated heterocycles. The molecule has 1 heterocycles. The molecule has 0 bridgehead atoms. The topological polar surface area (TPSA) is 12.9 Å². The molecule has 0 unspecified atom stereocenters. The normalized spacial score (nSPS) is 24.1. The quantitative estimate of drug-likeness (QED) is 0.411. The van der Waals surface area contributed by atoms with Crippen molar-refractivity contribution in [1.82, 2.24) is 4.98 Å². The number of allylic oxidation sites excluding steroid dienone is 2. The Labute approximate surface area is 132 Å². The summed E-state index contributed by atoms with van der Waals surface area (Å²) in [6, 6.07) is 2.09. The molecule has 0 atom stereocenters. The van der Waals surface area contributed by atoms with Crippen molar-refractivity contribution in [3.05, 3.63) is 35.7 Å². The Balaban J connectivity index is 0.00000242. The van der Waals surface area contributed by atoms with Gasteiger partial charge in [-0.1, -0.05) is 11.3 Å². The summed E-state index contributed by atoms with van der Waals surface area (Å²) >= 11 is 0. The summed E-state index contributed by atoms with van der Waals surface area (Å²) in [6.45, 7) is 1.36. The molecule has 22 heavy (non-hydrogen) atoms. The molecule has 0 N–H and O–H groups in total. The number of hydrogen-bond acceptors (Lipinski definition) is 1. The SMILES string of the molecule is Cc1ccnc(C2=[C-]C(F)(F)C(F)(F)C(F)(F)C2(F)F)c1.[Ir]. The molecule has 10 heteroatoms. The maximum atomic E-state index is 13.6. The summed E-state index contributed by atoms with van der Waals surface area (Å²) in [5.74, 6) is -23.6. The predicted octanol–water partition coefficient (Wildman–Crippen LogP) is 4.13. The van der Waals surface area contributed by atoms with Gasteiger partial charge in [0.1, 0.15) is 0 Å². The smallest absolute Gasteiger partial charge is 0.351 e. The van der Waals surface area contributed by atoms with Crippen molar-refractivity contribution in [2.75, 3.05) is 0 Å². The Kier molecular flexibility index (Phi) is 4.55. The van der Waals surface area contributed by atoms with Crippen LogP contribution in [0.25, 0.3) is 5.57 Å². The first kappa shape index (κ1) is 19.0. The van der Waals surface area contributed by atoms with Crippen molar-refractivity contribution in [3.8, 4) is 0 Å². The number of aromatic nitrogens is 1. The minimum Gasteiger partial charge on any atom is -0.351 e. The summed E-state index contributed by atoms with van der Waals surface area (Å²) in [6.07, 6.45) is 1.41. The number of pyridine rings is 1.